The van der Waals surface area contributed by atoms with E-state index in [9.17, 15) is 29.3 Å². The van der Waals surface area contributed by atoms with E-state index in [0.29, 0.717) is 45.4 Å². The molecule has 0 spiro atoms. The summed E-state index contributed by atoms with van der Waals surface area (Å²) in [5.74, 6) is -1.55. The van der Waals surface area contributed by atoms with Crippen molar-refractivity contribution in [2.24, 2.45) is 5.73 Å². The van der Waals surface area contributed by atoms with Crippen LogP contribution in [0, 0.1) is 10.1 Å². The first kappa shape index (κ1) is 25.1. The van der Waals surface area contributed by atoms with Crippen molar-refractivity contribution in [3.8, 4) is 0 Å². The maximum atomic E-state index is 13.0. The third-order valence-corrected chi connectivity index (χ3v) is 6.41. The second-order valence-electron chi connectivity index (χ2n) is 8.58. The van der Waals surface area contributed by atoms with Gasteiger partial charge in [0.2, 0.25) is 5.91 Å². The Labute approximate surface area is 197 Å². The Morgan fingerprint density at radius 2 is 1.50 bits per heavy atom. The lowest BCUT2D eigenvalue weighted by atomic mass is 9.85. The number of carbonyl (C=O) groups is 4. The van der Waals surface area contributed by atoms with Crippen LogP contribution in [0.4, 0.5) is 16.2 Å². The fourth-order valence-corrected chi connectivity index (χ4v) is 4.56. The number of nitrogens with two attached hydrogens (primary N) is 1. The molecule has 2 fully saturated rings. The number of hydrogen-bond acceptors (Lipinski definition) is 8. The van der Waals surface area contributed by atoms with Gasteiger partial charge in [0.1, 0.15) is 0 Å². The predicted octanol–water partition coefficient (Wildman–Crippen LogP) is 1.04. The summed E-state index contributed by atoms with van der Waals surface area (Å²) in [5, 5.41) is 15.4. The van der Waals surface area contributed by atoms with Crippen LogP contribution in [-0.4, -0.2) is 65.3 Å². The fraction of sp³-hybridized carbons (Fsp3) is 0.545. The Morgan fingerprint density at radius 3 is 2.06 bits per heavy atom. The summed E-state index contributed by atoms with van der Waals surface area (Å²) in [6.07, 6.45) is 4.38. The minimum absolute atomic E-state index is 0.0104. The van der Waals surface area contributed by atoms with Gasteiger partial charge < -0.3 is 10.6 Å². The molecule has 0 bridgehead atoms. The number of unbranched alkanes of at least 4 members (excludes halogenated alkanes) is 4. The average molecular weight is 475 g/mol. The van der Waals surface area contributed by atoms with Crippen molar-refractivity contribution in [1.29, 1.82) is 0 Å². The number of urea groups is 1. The highest BCUT2D eigenvalue weighted by molar-refractivity contribution is 6.22. The van der Waals surface area contributed by atoms with E-state index in [1.54, 1.807) is 12.1 Å². The number of non-ortho nitro benzene ring substituents is 1. The van der Waals surface area contributed by atoms with E-state index in [2.05, 4.69) is 10.6 Å². The van der Waals surface area contributed by atoms with E-state index in [1.807, 2.05) is 9.80 Å². The van der Waals surface area contributed by atoms with Crippen LogP contribution >= 0.6 is 0 Å². The molecule has 12 heteroatoms. The molecular formula is C22H30N6O6. The number of rotatable bonds is 11. The normalized spacial score (nSPS) is 18.4. The van der Waals surface area contributed by atoms with Crippen molar-refractivity contribution in [3.05, 3.63) is 34.4 Å². The van der Waals surface area contributed by atoms with Crippen molar-refractivity contribution in [3.63, 3.8) is 0 Å². The van der Waals surface area contributed by atoms with Gasteiger partial charge in [-0.05, 0) is 25.0 Å². The van der Waals surface area contributed by atoms with E-state index in [-0.39, 0.29) is 18.0 Å². The number of nitrogens with zero attached hydrogens (tertiary/aromatic N) is 3. The predicted molar refractivity (Wildman–Crippen MR) is 123 cm³/mol. The van der Waals surface area contributed by atoms with E-state index in [1.165, 1.54) is 12.1 Å². The molecule has 3 rings (SSSR count). The Bertz CT molecular complexity index is 922. The summed E-state index contributed by atoms with van der Waals surface area (Å²) >= 11 is 0. The van der Waals surface area contributed by atoms with Gasteiger partial charge >= 0.3 is 6.03 Å². The lowest BCUT2D eigenvalue weighted by Crippen LogP contribution is -2.74. The number of benzene rings is 1. The molecule has 1 aromatic rings. The van der Waals surface area contributed by atoms with Crippen LogP contribution < -0.4 is 21.3 Å². The Balaban J connectivity index is 1.63. The number of amides is 5. The molecule has 4 N–H and O–H groups in total. The van der Waals surface area contributed by atoms with Crippen molar-refractivity contribution in [1.82, 2.24) is 15.5 Å². The van der Waals surface area contributed by atoms with Crippen LogP contribution in [-0.2, 0) is 14.4 Å². The average Bonchev–Trinajstić information content (AvgIpc) is 2.80. The Kier molecular flexibility index (Phi) is 8.16. The third-order valence-electron chi connectivity index (χ3n) is 6.41. The molecule has 0 aliphatic carbocycles. The highest BCUT2D eigenvalue weighted by atomic mass is 16.6. The Hall–Kier alpha value is -3.54. The molecule has 0 radical (unpaired) electrons. The van der Waals surface area contributed by atoms with Crippen LogP contribution in [0.15, 0.2) is 24.3 Å². The Morgan fingerprint density at radius 1 is 0.941 bits per heavy atom. The molecule has 0 unspecified atom stereocenters. The molecule has 34 heavy (non-hydrogen) atoms. The first-order chi connectivity index (χ1) is 16.2. The number of carbonyl (C=O) groups excluding carboxylic acids is 4. The molecule has 0 saturated carbocycles. The van der Waals surface area contributed by atoms with Crippen LogP contribution in [0.2, 0.25) is 0 Å². The summed E-state index contributed by atoms with van der Waals surface area (Å²) in [6, 6.07) is 5.43. The number of nitro benzene ring substituents is 1. The van der Waals surface area contributed by atoms with Gasteiger partial charge in [-0.2, -0.15) is 0 Å². The van der Waals surface area contributed by atoms with Crippen LogP contribution in [0.1, 0.15) is 44.9 Å². The second kappa shape index (κ2) is 11.1. The van der Waals surface area contributed by atoms with Crippen molar-refractivity contribution >= 4 is 35.1 Å². The van der Waals surface area contributed by atoms with E-state index < -0.39 is 28.3 Å². The van der Waals surface area contributed by atoms with Gasteiger partial charge in [0, 0.05) is 50.4 Å². The van der Waals surface area contributed by atoms with Crippen LogP contribution in [0.25, 0.3) is 0 Å². The summed E-state index contributed by atoms with van der Waals surface area (Å²) in [6.45, 7) is 1.84. The molecule has 0 atom stereocenters. The first-order valence-electron chi connectivity index (χ1n) is 11.4. The first-order valence-corrected chi connectivity index (χ1v) is 11.4. The maximum Gasteiger partial charge on any atom is 0.328 e. The molecule has 5 amide bonds. The lowest BCUT2D eigenvalue weighted by Gasteiger charge is -2.47. The summed E-state index contributed by atoms with van der Waals surface area (Å²) in [7, 11) is 0. The standard InChI is InChI=1S/C22H30N6O6/c23-18(29)6-4-2-1-3-5-11-22(19(30)24-21(32)25-20(22)31)27-14-12-26(13-15-27)16-7-9-17(10-8-16)28(33)34/h7-10H,1-6,11-15H2,(H2,23,29)(H2,24,25,30,31,32). The number of piperazine rings is 1. The number of anilines is 1. The highest BCUT2D eigenvalue weighted by Gasteiger charge is 2.54. The minimum atomic E-state index is -1.47. The van der Waals surface area contributed by atoms with E-state index >= 15 is 0 Å². The number of hydrogen-bond donors (Lipinski definition) is 3. The molecule has 2 aliphatic rings. The fourth-order valence-electron chi connectivity index (χ4n) is 4.56. The summed E-state index contributed by atoms with van der Waals surface area (Å²) in [4.78, 5) is 62.7. The van der Waals surface area contributed by atoms with Crippen LogP contribution in [0.5, 0.6) is 0 Å². The zero-order valence-corrected chi connectivity index (χ0v) is 19.0. The SMILES string of the molecule is NC(=O)CCCCCCCC1(N2CCN(c3ccc([N+](=O)[O-])cc3)CC2)C(=O)NC(=O)NC1=O. The van der Waals surface area contributed by atoms with Gasteiger partial charge in [-0.3, -0.25) is 40.0 Å². The van der Waals surface area contributed by atoms with Gasteiger partial charge in [-0.1, -0.05) is 25.7 Å². The van der Waals surface area contributed by atoms with Crippen molar-refractivity contribution in [2.45, 2.75) is 50.5 Å². The summed E-state index contributed by atoms with van der Waals surface area (Å²) < 4.78 is 0. The zero-order chi connectivity index (χ0) is 24.7. The number of nitrogens with one attached hydrogen (secondary N) is 2. The summed E-state index contributed by atoms with van der Waals surface area (Å²) in [5.41, 5.74) is 4.51. The molecule has 184 valence electrons. The smallest absolute Gasteiger partial charge is 0.328 e. The number of imide groups is 2. The zero-order valence-electron chi connectivity index (χ0n) is 19.0. The quantitative estimate of drug-likeness (QED) is 0.185. The second-order valence-corrected chi connectivity index (χ2v) is 8.58. The molecule has 0 aromatic heterocycles. The largest absolute Gasteiger partial charge is 0.370 e. The topological polar surface area (TPSA) is 168 Å². The molecule has 12 nitrogen and oxygen atoms in total. The van der Waals surface area contributed by atoms with Gasteiger partial charge in [-0.15, -0.1) is 0 Å². The minimum Gasteiger partial charge on any atom is -0.370 e. The van der Waals surface area contributed by atoms with E-state index in [0.717, 1.165) is 24.9 Å². The molecule has 2 saturated heterocycles. The lowest BCUT2D eigenvalue weighted by molar-refractivity contribution is -0.384. The number of nitro groups is 1. The van der Waals surface area contributed by atoms with Gasteiger partial charge in [-0.25, -0.2) is 4.79 Å². The van der Waals surface area contributed by atoms with Crippen molar-refractivity contribution < 1.29 is 24.1 Å². The van der Waals surface area contributed by atoms with Crippen molar-refractivity contribution in [2.75, 3.05) is 31.1 Å². The van der Waals surface area contributed by atoms with Gasteiger partial charge in [0.15, 0.2) is 5.54 Å². The highest BCUT2D eigenvalue weighted by Crippen LogP contribution is 2.29. The molecular weight excluding hydrogens is 444 g/mol. The maximum absolute atomic E-state index is 13.0. The van der Waals surface area contributed by atoms with Crippen LogP contribution in [0.3, 0.4) is 0 Å². The molecule has 2 aliphatic heterocycles. The number of primary amides is 1. The monoisotopic (exact) mass is 474 g/mol. The third kappa shape index (κ3) is 5.68. The van der Waals surface area contributed by atoms with Gasteiger partial charge in [0.25, 0.3) is 17.5 Å². The number of barbiturate groups is 1. The van der Waals surface area contributed by atoms with Gasteiger partial charge in [0.05, 0.1) is 4.92 Å². The van der Waals surface area contributed by atoms with E-state index in [4.69, 9.17) is 5.73 Å². The molecule has 2 heterocycles. The molecule has 1 aromatic carbocycles.